The molecule has 2 aromatic carbocycles. The first-order chi connectivity index (χ1) is 13.1. The van der Waals surface area contributed by atoms with Gasteiger partial charge >= 0.3 is 0 Å². The summed E-state index contributed by atoms with van der Waals surface area (Å²) >= 11 is 0. The lowest BCUT2D eigenvalue weighted by molar-refractivity contribution is -0.116. The second-order valence-corrected chi connectivity index (χ2v) is 5.80. The Hall–Kier alpha value is -3.48. The third-order valence-corrected chi connectivity index (χ3v) is 3.92. The van der Waals surface area contributed by atoms with Crippen LogP contribution < -0.4 is 10.6 Å². The van der Waals surface area contributed by atoms with Gasteiger partial charge in [0, 0.05) is 31.1 Å². The molecule has 0 aliphatic rings. The van der Waals surface area contributed by atoms with Crippen LogP contribution in [0, 0.1) is 5.82 Å². The van der Waals surface area contributed by atoms with Crippen LogP contribution in [0.15, 0.2) is 59.1 Å². The first-order valence-corrected chi connectivity index (χ1v) is 8.38. The molecule has 0 fully saturated rings. The van der Waals surface area contributed by atoms with Gasteiger partial charge in [-0.1, -0.05) is 12.1 Å². The van der Waals surface area contributed by atoms with Gasteiger partial charge in [-0.15, -0.1) is 0 Å². The van der Waals surface area contributed by atoms with E-state index in [-0.39, 0.29) is 24.7 Å². The Kier molecular flexibility index (Phi) is 5.61. The van der Waals surface area contributed by atoms with Crippen LogP contribution in [0.1, 0.15) is 22.7 Å². The zero-order valence-corrected chi connectivity index (χ0v) is 14.7. The Bertz CT molecular complexity index is 951. The van der Waals surface area contributed by atoms with Gasteiger partial charge in [-0.05, 0) is 36.4 Å². The van der Waals surface area contributed by atoms with Crippen LogP contribution in [0.4, 0.5) is 10.1 Å². The molecule has 138 valence electrons. The molecule has 0 spiro atoms. The third-order valence-electron chi connectivity index (χ3n) is 3.92. The number of nitrogens with zero attached hydrogens (tertiary/aromatic N) is 1. The molecule has 2 N–H and O–H groups in total. The van der Waals surface area contributed by atoms with Gasteiger partial charge in [0.05, 0.1) is 11.8 Å². The summed E-state index contributed by atoms with van der Waals surface area (Å²) in [6, 6.07) is 12.8. The molecule has 0 saturated carbocycles. The number of aryl methyl sites for hydroxylation is 1. The molecule has 7 heteroatoms. The first kappa shape index (κ1) is 18.3. The number of anilines is 1. The largest absolute Gasteiger partial charge is 0.441 e. The maximum absolute atomic E-state index is 13.8. The second kappa shape index (κ2) is 8.27. The topological polar surface area (TPSA) is 84.2 Å². The number of benzene rings is 2. The molecular formula is C20H18FN3O3. The maximum Gasteiger partial charge on any atom is 0.251 e. The van der Waals surface area contributed by atoms with E-state index in [4.69, 9.17) is 4.42 Å². The number of carbonyl (C=O) groups is 2. The van der Waals surface area contributed by atoms with E-state index in [9.17, 15) is 14.0 Å². The SMILES string of the molecule is CNC(=O)c1ccc(NC(=O)CCc2ncc(-c3ccccc3F)o2)cc1. The smallest absolute Gasteiger partial charge is 0.251 e. The van der Waals surface area contributed by atoms with Crippen molar-refractivity contribution in [2.75, 3.05) is 12.4 Å². The number of rotatable bonds is 6. The van der Waals surface area contributed by atoms with Gasteiger partial charge < -0.3 is 15.1 Å². The zero-order chi connectivity index (χ0) is 19.2. The van der Waals surface area contributed by atoms with Crippen molar-refractivity contribution in [1.82, 2.24) is 10.3 Å². The van der Waals surface area contributed by atoms with Crippen molar-refractivity contribution in [2.45, 2.75) is 12.8 Å². The number of nitrogens with one attached hydrogen (secondary N) is 2. The van der Waals surface area contributed by atoms with Crippen LogP contribution in [0.5, 0.6) is 0 Å². The Morgan fingerprint density at radius 3 is 2.56 bits per heavy atom. The standard InChI is InChI=1S/C20H18FN3O3/c1-22-20(26)13-6-8-14(9-7-13)24-18(25)10-11-19-23-12-17(27-19)15-4-2-3-5-16(15)21/h2-9,12H,10-11H2,1H3,(H,22,26)(H,24,25). The summed E-state index contributed by atoms with van der Waals surface area (Å²) in [6.45, 7) is 0. The van der Waals surface area contributed by atoms with Crippen LogP contribution in [-0.4, -0.2) is 23.8 Å². The molecule has 0 atom stereocenters. The molecule has 1 heterocycles. The van der Waals surface area contributed by atoms with E-state index in [2.05, 4.69) is 15.6 Å². The molecule has 1 aromatic heterocycles. The summed E-state index contributed by atoms with van der Waals surface area (Å²) in [5, 5.41) is 5.27. The van der Waals surface area contributed by atoms with Crippen LogP contribution in [0.25, 0.3) is 11.3 Å². The van der Waals surface area contributed by atoms with Crippen LogP contribution >= 0.6 is 0 Å². The number of carbonyl (C=O) groups excluding carboxylic acids is 2. The fourth-order valence-electron chi connectivity index (χ4n) is 2.50. The van der Waals surface area contributed by atoms with E-state index in [1.54, 1.807) is 49.5 Å². The van der Waals surface area contributed by atoms with Crippen LogP contribution in [0.2, 0.25) is 0 Å². The molecule has 0 unspecified atom stereocenters. The number of amides is 2. The summed E-state index contributed by atoms with van der Waals surface area (Å²) in [7, 11) is 1.55. The van der Waals surface area contributed by atoms with E-state index in [0.717, 1.165) is 0 Å². The second-order valence-electron chi connectivity index (χ2n) is 5.80. The van der Waals surface area contributed by atoms with E-state index in [1.807, 2.05) is 0 Å². The highest BCUT2D eigenvalue weighted by molar-refractivity contribution is 5.95. The average Bonchev–Trinajstić information content (AvgIpc) is 3.15. The number of halogens is 1. The monoisotopic (exact) mass is 367 g/mol. The summed E-state index contributed by atoms with van der Waals surface area (Å²) in [4.78, 5) is 27.7. The van der Waals surface area contributed by atoms with Gasteiger partial charge in [0.2, 0.25) is 5.91 Å². The van der Waals surface area contributed by atoms with Gasteiger partial charge in [0.1, 0.15) is 5.82 Å². The van der Waals surface area contributed by atoms with Crippen molar-refractivity contribution in [3.8, 4) is 11.3 Å². The van der Waals surface area contributed by atoms with Gasteiger partial charge in [0.15, 0.2) is 11.7 Å². The quantitative estimate of drug-likeness (QED) is 0.699. The molecule has 0 radical (unpaired) electrons. The predicted octanol–water partition coefficient (Wildman–Crippen LogP) is 3.41. The number of oxazole rings is 1. The third kappa shape index (κ3) is 4.58. The number of hydrogen-bond acceptors (Lipinski definition) is 4. The van der Waals surface area contributed by atoms with Crippen molar-refractivity contribution in [3.05, 3.63) is 72.0 Å². The molecular weight excluding hydrogens is 349 g/mol. The fraction of sp³-hybridized carbons (Fsp3) is 0.150. The Balaban J connectivity index is 1.55. The highest BCUT2D eigenvalue weighted by atomic mass is 19.1. The number of aromatic nitrogens is 1. The minimum absolute atomic E-state index is 0.161. The molecule has 27 heavy (non-hydrogen) atoms. The van der Waals surface area contributed by atoms with Crippen molar-refractivity contribution in [1.29, 1.82) is 0 Å². The van der Waals surface area contributed by atoms with E-state index < -0.39 is 5.82 Å². The Morgan fingerprint density at radius 2 is 1.85 bits per heavy atom. The highest BCUT2D eigenvalue weighted by Gasteiger charge is 2.12. The minimum atomic E-state index is -0.391. The van der Waals surface area contributed by atoms with Crippen molar-refractivity contribution in [3.63, 3.8) is 0 Å². The summed E-state index contributed by atoms with van der Waals surface area (Å²) in [5.41, 5.74) is 1.43. The Labute approximate surface area is 155 Å². The molecule has 0 aliphatic heterocycles. The molecule has 0 saturated heterocycles. The predicted molar refractivity (Wildman–Crippen MR) is 98.7 cm³/mol. The van der Waals surface area contributed by atoms with Gasteiger partial charge in [-0.3, -0.25) is 9.59 Å². The van der Waals surface area contributed by atoms with E-state index in [1.165, 1.54) is 12.3 Å². The summed E-state index contributed by atoms with van der Waals surface area (Å²) < 4.78 is 19.3. The normalized spacial score (nSPS) is 10.4. The van der Waals surface area contributed by atoms with Gasteiger partial charge in [-0.25, -0.2) is 9.37 Å². The van der Waals surface area contributed by atoms with Crippen molar-refractivity contribution < 1.29 is 18.4 Å². The molecule has 0 bridgehead atoms. The highest BCUT2D eigenvalue weighted by Crippen LogP contribution is 2.23. The van der Waals surface area contributed by atoms with Crippen LogP contribution in [0.3, 0.4) is 0 Å². The first-order valence-electron chi connectivity index (χ1n) is 8.38. The van der Waals surface area contributed by atoms with Gasteiger partial charge in [-0.2, -0.15) is 0 Å². The zero-order valence-electron chi connectivity index (χ0n) is 14.7. The van der Waals surface area contributed by atoms with E-state index in [0.29, 0.717) is 28.5 Å². The lowest BCUT2D eigenvalue weighted by Crippen LogP contribution is -2.18. The van der Waals surface area contributed by atoms with Crippen molar-refractivity contribution in [2.24, 2.45) is 0 Å². The molecule has 3 aromatic rings. The number of hydrogen-bond donors (Lipinski definition) is 2. The molecule has 6 nitrogen and oxygen atoms in total. The van der Waals surface area contributed by atoms with Crippen molar-refractivity contribution >= 4 is 17.5 Å². The Morgan fingerprint density at radius 1 is 1.11 bits per heavy atom. The minimum Gasteiger partial charge on any atom is -0.441 e. The fourth-order valence-corrected chi connectivity index (χ4v) is 2.50. The molecule has 3 rings (SSSR count). The molecule has 2 amide bonds. The molecule has 0 aliphatic carbocycles. The lowest BCUT2D eigenvalue weighted by atomic mass is 10.2. The summed E-state index contributed by atoms with van der Waals surface area (Å²) in [6.07, 6.45) is 1.90. The summed E-state index contributed by atoms with van der Waals surface area (Å²) in [5.74, 6) is -0.111. The van der Waals surface area contributed by atoms with E-state index >= 15 is 0 Å². The van der Waals surface area contributed by atoms with Crippen LogP contribution in [-0.2, 0) is 11.2 Å². The average molecular weight is 367 g/mol. The van der Waals surface area contributed by atoms with Gasteiger partial charge in [0.25, 0.3) is 5.91 Å². The lowest BCUT2D eigenvalue weighted by Gasteiger charge is -2.05. The maximum atomic E-state index is 13.8.